The van der Waals surface area contributed by atoms with E-state index in [0.717, 1.165) is 31.2 Å². The topological polar surface area (TPSA) is 35.5 Å². The molecule has 3 nitrogen and oxygen atoms in total. The summed E-state index contributed by atoms with van der Waals surface area (Å²) in [5.41, 5.74) is 1.50. The van der Waals surface area contributed by atoms with Gasteiger partial charge in [-0.05, 0) is 31.4 Å². The predicted octanol–water partition coefficient (Wildman–Crippen LogP) is 5.76. The lowest BCUT2D eigenvalue weighted by Gasteiger charge is -2.17. The highest BCUT2D eigenvalue weighted by Gasteiger charge is 2.16. The Labute approximate surface area is 140 Å². The average Bonchev–Trinajstić information content (AvgIpc) is 2.54. The summed E-state index contributed by atoms with van der Waals surface area (Å²) in [5.74, 6) is -0.380. The van der Waals surface area contributed by atoms with Gasteiger partial charge in [0.2, 0.25) is 0 Å². The molecule has 23 heavy (non-hydrogen) atoms. The molecule has 0 amide bonds. The van der Waals surface area contributed by atoms with Gasteiger partial charge in [0.15, 0.2) is 0 Å². The van der Waals surface area contributed by atoms with Crippen molar-refractivity contribution >= 4 is 5.97 Å². The quantitative estimate of drug-likeness (QED) is 0.525. The van der Waals surface area contributed by atoms with Crippen LogP contribution in [0.15, 0.2) is 24.3 Å². The normalized spacial score (nSPS) is 18.7. The van der Waals surface area contributed by atoms with Crippen LogP contribution in [0.25, 0.3) is 0 Å². The zero-order valence-corrected chi connectivity index (χ0v) is 14.4. The molecular formula is C20H30O3. The molecule has 0 saturated heterocycles. The number of hydrogen-bond donors (Lipinski definition) is 0. The number of benzene rings is 1. The van der Waals surface area contributed by atoms with Gasteiger partial charge in [0.1, 0.15) is 6.10 Å². The van der Waals surface area contributed by atoms with Crippen LogP contribution in [0.4, 0.5) is 0 Å². The molecule has 0 spiro atoms. The van der Waals surface area contributed by atoms with E-state index in [1.807, 2.05) is 25.1 Å². The number of carbonyl (C=O) groups is 1. The molecule has 1 saturated carbocycles. The summed E-state index contributed by atoms with van der Waals surface area (Å²) in [6.07, 6.45) is 13.6. The molecule has 0 N–H and O–H groups in total. The molecule has 2 rings (SSSR count). The molecule has 0 bridgehead atoms. The summed E-state index contributed by atoms with van der Waals surface area (Å²) >= 11 is 0. The van der Waals surface area contributed by atoms with Gasteiger partial charge in [-0.2, -0.15) is 4.89 Å². The summed E-state index contributed by atoms with van der Waals surface area (Å²) in [5, 5.41) is 0. The van der Waals surface area contributed by atoms with Crippen LogP contribution in [-0.2, 0) is 9.78 Å². The molecule has 1 fully saturated rings. The predicted molar refractivity (Wildman–Crippen MR) is 92.3 cm³/mol. The molecule has 3 heteroatoms. The maximum absolute atomic E-state index is 12.1. The molecular weight excluding hydrogens is 288 g/mol. The zero-order chi connectivity index (χ0) is 16.3. The summed E-state index contributed by atoms with van der Waals surface area (Å²) < 4.78 is 0. The van der Waals surface area contributed by atoms with E-state index < -0.39 is 0 Å². The Morgan fingerprint density at radius 2 is 1.39 bits per heavy atom. The molecule has 0 radical (unpaired) electrons. The molecule has 1 aliphatic rings. The van der Waals surface area contributed by atoms with Crippen LogP contribution in [0.3, 0.4) is 0 Å². The van der Waals surface area contributed by atoms with Crippen LogP contribution in [0.5, 0.6) is 0 Å². The first-order chi connectivity index (χ1) is 11.3. The average molecular weight is 318 g/mol. The second kappa shape index (κ2) is 10.4. The van der Waals surface area contributed by atoms with Crippen molar-refractivity contribution in [2.75, 3.05) is 0 Å². The SMILES string of the molecule is Cc1ccccc1C(=O)OOC1CCCCCCCCCCC1. The standard InChI is InChI=1S/C20H30O3/c1-17-13-11-12-16-19(17)20(21)23-22-18-14-9-7-5-3-2-4-6-8-10-15-18/h11-13,16,18H,2-10,14-15H2,1H3. The van der Waals surface area contributed by atoms with Gasteiger partial charge in [0.05, 0.1) is 5.56 Å². The van der Waals surface area contributed by atoms with E-state index in [2.05, 4.69) is 0 Å². The van der Waals surface area contributed by atoms with Crippen molar-refractivity contribution in [2.45, 2.75) is 83.7 Å². The van der Waals surface area contributed by atoms with E-state index in [0.29, 0.717) is 5.56 Å². The van der Waals surface area contributed by atoms with Gasteiger partial charge in [0.25, 0.3) is 0 Å². The van der Waals surface area contributed by atoms with Crippen LogP contribution < -0.4 is 0 Å². The van der Waals surface area contributed by atoms with E-state index >= 15 is 0 Å². The van der Waals surface area contributed by atoms with Crippen molar-refractivity contribution in [3.63, 3.8) is 0 Å². The highest BCUT2D eigenvalue weighted by molar-refractivity contribution is 5.90. The monoisotopic (exact) mass is 318 g/mol. The second-order valence-electron chi connectivity index (χ2n) is 6.66. The minimum Gasteiger partial charge on any atom is -0.293 e. The van der Waals surface area contributed by atoms with Gasteiger partial charge in [-0.3, -0.25) is 4.89 Å². The summed E-state index contributed by atoms with van der Waals surface area (Å²) in [6.45, 7) is 1.91. The molecule has 1 aromatic carbocycles. The Kier molecular flexibility index (Phi) is 8.16. The van der Waals surface area contributed by atoms with E-state index in [1.54, 1.807) is 6.07 Å². The second-order valence-corrected chi connectivity index (χ2v) is 6.66. The maximum Gasteiger partial charge on any atom is 0.373 e. The third kappa shape index (κ3) is 6.74. The van der Waals surface area contributed by atoms with Crippen molar-refractivity contribution in [2.24, 2.45) is 0 Å². The number of hydrogen-bond acceptors (Lipinski definition) is 3. The highest BCUT2D eigenvalue weighted by Crippen LogP contribution is 2.19. The number of aryl methyl sites for hydroxylation is 1. The fourth-order valence-electron chi connectivity index (χ4n) is 3.18. The first kappa shape index (κ1) is 18.0. The lowest BCUT2D eigenvalue weighted by atomic mass is 9.99. The van der Waals surface area contributed by atoms with E-state index in [1.165, 1.54) is 44.9 Å². The third-order valence-electron chi connectivity index (χ3n) is 4.68. The largest absolute Gasteiger partial charge is 0.373 e. The van der Waals surface area contributed by atoms with Crippen molar-refractivity contribution < 1.29 is 14.6 Å². The molecule has 0 atom stereocenters. The van der Waals surface area contributed by atoms with Gasteiger partial charge in [-0.15, -0.1) is 0 Å². The lowest BCUT2D eigenvalue weighted by molar-refractivity contribution is -0.277. The van der Waals surface area contributed by atoms with Gasteiger partial charge < -0.3 is 0 Å². The minimum absolute atomic E-state index is 0.0439. The number of rotatable bonds is 3. The Hall–Kier alpha value is -1.35. The Bertz CT molecular complexity index is 458. The fourth-order valence-corrected chi connectivity index (χ4v) is 3.18. The van der Waals surface area contributed by atoms with Crippen LogP contribution in [-0.4, -0.2) is 12.1 Å². The molecule has 0 aromatic heterocycles. The molecule has 0 aliphatic heterocycles. The lowest BCUT2D eigenvalue weighted by Crippen LogP contribution is -2.17. The summed E-state index contributed by atoms with van der Waals surface area (Å²) in [6, 6.07) is 7.45. The van der Waals surface area contributed by atoms with Crippen molar-refractivity contribution in [1.82, 2.24) is 0 Å². The molecule has 128 valence electrons. The Morgan fingerprint density at radius 3 is 1.96 bits per heavy atom. The van der Waals surface area contributed by atoms with E-state index in [4.69, 9.17) is 9.78 Å². The third-order valence-corrected chi connectivity index (χ3v) is 4.68. The van der Waals surface area contributed by atoms with Gasteiger partial charge >= 0.3 is 5.97 Å². The zero-order valence-electron chi connectivity index (χ0n) is 14.4. The molecule has 0 unspecified atom stereocenters. The molecule has 0 heterocycles. The van der Waals surface area contributed by atoms with E-state index in [9.17, 15) is 4.79 Å². The fraction of sp³-hybridized carbons (Fsp3) is 0.650. The van der Waals surface area contributed by atoms with Crippen LogP contribution >= 0.6 is 0 Å². The van der Waals surface area contributed by atoms with Crippen LogP contribution in [0, 0.1) is 6.92 Å². The Balaban J connectivity index is 1.81. The summed E-state index contributed by atoms with van der Waals surface area (Å²) in [4.78, 5) is 22.8. The smallest absolute Gasteiger partial charge is 0.293 e. The maximum atomic E-state index is 12.1. The van der Waals surface area contributed by atoms with Crippen LogP contribution in [0.2, 0.25) is 0 Å². The number of carbonyl (C=O) groups excluding carboxylic acids is 1. The highest BCUT2D eigenvalue weighted by atomic mass is 17.2. The minimum atomic E-state index is -0.380. The van der Waals surface area contributed by atoms with Crippen molar-refractivity contribution in [3.05, 3.63) is 35.4 Å². The first-order valence-electron chi connectivity index (χ1n) is 9.20. The first-order valence-corrected chi connectivity index (χ1v) is 9.20. The van der Waals surface area contributed by atoms with Gasteiger partial charge in [-0.25, -0.2) is 4.79 Å². The summed E-state index contributed by atoms with van der Waals surface area (Å²) in [7, 11) is 0. The van der Waals surface area contributed by atoms with Gasteiger partial charge in [0, 0.05) is 0 Å². The van der Waals surface area contributed by atoms with E-state index in [-0.39, 0.29) is 12.1 Å². The van der Waals surface area contributed by atoms with Crippen molar-refractivity contribution in [1.29, 1.82) is 0 Å². The van der Waals surface area contributed by atoms with Gasteiger partial charge in [-0.1, -0.05) is 76.0 Å². The van der Waals surface area contributed by atoms with Crippen LogP contribution in [0.1, 0.15) is 86.6 Å². The van der Waals surface area contributed by atoms with Crippen molar-refractivity contribution in [3.8, 4) is 0 Å². The molecule has 1 aliphatic carbocycles. The Morgan fingerprint density at radius 1 is 0.870 bits per heavy atom. The molecule has 1 aromatic rings.